The van der Waals surface area contributed by atoms with Crippen molar-refractivity contribution in [3.05, 3.63) is 29.3 Å². The molecule has 0 saturated heterocycles. The van der Waals surface area contributed by atoms with E-state index in [0.717, 1.165) is 5.69 Å². The Hall–Kier alpha value is -2.08. The van der Waals surface area contributed by atoms with Crippen LogP contribution in [0.3, 0.4) is 0 Å². The van der Waals surface area contributed by atoms with Crippen LogP contribution >= 0.6 is 11.6 Å². The highest BCUT2D eigenvalue weighted by molar-refractivity contribution is 6.33. The van der Waals surface area contributed by atoms with Crippen LogP contribution in [0.1, 0.15) is 0 Å². The lowest BCUT2D eigenvalue weighted by Gasteiger charge is -2.12. The number of halogens is 1. The van der Waals surface area contributed by atoms with Gasteiger partial charge in [0, 0.05) is 14.1 Å². The number of anilines is 4. The van der Waals surface area contributed by atoms with Gasteiger partial charge in [-0.25, -0.2) is 0 Å². The van der Waals surface area contributed by atoms with Crippen LogP contribution in [0.15, 0.2) is 24.3 Å². The third kappa shape index (κ3) is 2.78. The Morgan fingerprint density at radius 1 is 1.17 bits per heavy atom. The number of benzene rings is 1. The molecule has 7 heteroatoms. The molecule has 0 aliphatic carbocycles. The van der Waals surface area contributed by atoms with Gasteiger partial charge >= 0.3 is 0 Å². The van der Waals surface area contributed by atoms with E-state index < -0.39 is 0 Å². The van der Waals surface area contributed by atoms with Gasteiger partial charge in [-0.05, 0) is 12.1 Å². The van der Waals surface area contributed by atoms with E-state index in [1.165, 1.54) is 0 Å². The van der Waals surface area contributed by atoms with Crippen LogP contribution in [0.4, 0.5) is 23.5 Å². The quantitative estimate of drug-likeness (QED) is 0.882. The molecule has 0 bridgehead atoms. The third-order valence-electron chi connectivity index (χ3n) is 2.16. The molecule has 0 atom stereocenters. The molecule has 0 aliphatic rings. The van der Waals surface area contributed by atoms with Crippen molar-refractivity contribution in [2.75, 3.05) is 30.0 Å². The Bertz CT molecular complexity index is 557. The highest BCUT2D eigenvalue weighted by atomic mass is 35.5. The highest BCUT2D eigenvalue weighted by Gasteiger charge is 2.07. The zero-order valence-electron chi connectivity index (χ0n) is 10.1. The second-order valence-corrected chi connectivity index (χ2v) is 4.22. The van der Waals surface area contributed by atoms with Gasteiger partial charge in [-0.3, -0.25) is 0 Å². The van der Waals surface area contributed by atoms with Crippen molar-refractivity contribution in [1.82, 2.24) is 15.0 Å². The van der Waals surface area contributed by atoms with Crippen LogP contribution in [-0.2, 0) is 0 Å². The van der Waals surface area contributed by atoms with Crippen LogP contribution in [0, 0.1) is 0 Å². The molecule has 2 rings (SSSR count). The molecule has 18 heavy (non-hydrogen) atoms. The van der Waals surface area contributed by atoms with E-state index in [2.05, 4.69) is 20.3 Å². The predicted molar refractivity (Wildman–Crippen MR) is 73.3 cm³/mol. The maximum Gasteiger partial charge on any atom is 0.233 e. The van der Waals surface area contributed by atoms with Gasteiger partial charge in [0.2, 0.25) is 17.8 Å². The maximum absolute atomic E-state index is 6.04. The van der Waals surface area contributed by atoms with Crippen molar-refractivity contribution in [1.29, 1.82) is 0 Å². The Morgan fingerprint density at radius 3 is 2.56 bits per heavy atom. The number of para-hydroxylation sites is 1. The second-order valence-electron chi connectivity index (χ2n) is 3.82. The number of hydrogen-bond acceptors (Lipinski definition) is 6. The lowest BCUT2D eigenvalue weighted by molar-refractivity contribution is 0.969. The van der Waals surface area contributed by atoms with Crippen molar-refractivity contribution in [3.8, 4) is 0 Å². The molecule has 94 valence electrons. The number of rotatable bonds is 3. The molecule has 1 heterocycles. The average molecular weight is 265 g/mol. The van der Waals surface area contributed by atoms with E-state index in [1.807, 2.05) is 32.3 Å². The van der Waals surface area contributed by atoms with Crippen molar-refractivity contribution in [2.45, 2.75) is 0 Å². The summed E-state index contributed by atoms with van der Waals surface area (Å²) in [7, 11) is 3.65. The van der Waals surface area contributed by atoms with Crippen molar-refractivity contribution in [2.24, 2.45) is 0 Å². The lowest BCUT2D eigenvalue weighted by Crippen LogP contribution is -2.15. The summed E-state index contributed by atoms with van der Waals surface area (Å²) in [6.45, 7) is 0. The smallest absolute Gasteiger partial charge is 0.233 e. The average Bonchev–Trinajstić information content (AvgIpc) is 2.31. The Morgan fingerprint density at radius 2 is 1.89 bits per heavy atom. The van der Waals surface area contributed by atoms with E-state index in [4.69, 9.17) is 17.3 Å². The molecular weight excluding hydrogens is 252 g/mol. The van der Waals surface area contributed by atoms with Gasteiger partial charge < -0.3 is 16.0 Å². The second kappa shape index (κ2) is 5.05. The van der Waals surface area contributed by atoms with Gasteiger partial charge in [0.05, 0.1) is 10.7 Å². The minimum Gasteiger partial charge on any atom is -0.368 e. The van der Waals surface area contributed by atoms with Gasteiger partial charge in [-0.15, -0.1) is 0 Å². The lowest BCUT2D eigenvalue weighted by atomic mass is 10.3. The van der Waals surface area contributed by atoms with E-state index in [0.29, 0.717) is 16.9 Å². The molecular formula is C11H13ClN6. The first-order valence-corrected chi connectivity index (χ1v) is 5.64. The Kier molecular flexibility index (Phi) is 3.47. The first kappa shape index (κ1) is 12.4. The largest absolute Gasteiger partial charge is 0.368 e. The first-order valence-electron chi connectivity index (χ1n) is 5.26. The van der Waals surface area contributed by atoms with Gasteiger partial charge in [0.15, 0.2) is 0 Å². The van der Waals surface area contributed by atoms with Gasteiger partial charge in [0.1, 0.15) is 0 Å². The van der Waals surface area contributed by atoms with Gasteiger partial charge in [-0.1, -0.05) is 23.7 Å². The third-order valence-corrected chi connectivity index (χ3v) is 2.49. The summed E-state index contributed by atoms with van der Waals surface area (Å²) in [5.41, 5.74) is 6.34. The monoisotopic (exact) mass is 264 g/mol. The van der Waals surface area contributed by atoms with Crippen LogP contribution in [-0.4, -0.2) is 29.0 Å². The first-order chi connectivity index (χ1) is 8.56. The molecule has 1 aromatic heterocycles. The van der Waals surface area contributed by atoms with Gasteiger partial charge in [-0.2, -0.15) is 15.0 Å². The predicted octanol–water partition coefficient (Wildman–Crippen LogP) is 1.92. The molecule has 0 amide bonds. The summed E-state index contributed by atoms with van der Waals surface area (Å²) in [5, 5.41) is 3.59. The Balaban J connectivity index is 2.32. The fourth-order valence-electron chi connectivity index (χ4n) is 1.32. The highest BCUT2D eigenvalue weighted by Crippen LogP contribution is 2.23. The van der Waals surface area contributed by atoms with Crippen LogP contribution < -0.4 is 16.0 Å². The summed E-state index contributed by atoms with van der Waals surface area (Å²) < 4.78 is 0. The molecule has 0 saturated carbocycles. The van der Waals surface area contributed by atoms with Gasteiger partial charge in [0.25, 0.3) is 0 Å². The number of aromatic nitrogens is 3. The van der Waals surface area contributed by atoms with Crippen molar-refractivity contribution >= 4 is 35.1 Å². The summed E-state index contributed by atoms with van der Waals surface area (Å²) in [6.07, 6.45) is 0. The normalized spacial score (nSPS) is 10.2. The molecule has 2 aromatic rings. The van der Waals surface area contributed by atoms with Crippen molar-refractivity contribution < 1.29 is 0 Å². The zero-order chi connectivity index (χ0) is 13.1. The van der Waals surface area contributed by atoms with E-state index in [9.17, 15) is 0 Å². The fourth-order valence-corrected chi connectivity index (χ4v) is 1.50. The summed E-state index contributed by atoms with van der Waals surface area (Å²) >= 11 is 6.04. The molecule has 3 N–H and O–H groups in total. The topological polar surface area (TPSA) is 80.0 Å². The summed E-state index contributed by atoms with van der Waals surface area (Å²) in [4.78, 5) is 14.0. The summed E-state index contributed by atoms with van der Waals surface area (Å²) in [5.74, 6) is 1.000. The number of nitrogens with zero attached hydrogens (tertiary/aromatic N) is 4. The Labute approximate surface area is 110 Å². The fraction of sp³-hybridized carbons (Fsp3) is 0.182. The number of nitrogen functional groups attached to an aromatic ring is 1. The molecule has 6 nitrogen and oxygen atoms in total. The molecule has 0 fully saturated rings. The number of nitrogens with one attached hydrogen (secondary N) is 1. The molecule has 1 aromatic carbocycles. The van der Waals surface area contributed by atoms with E-state index in [-0.39, 0.29) is 5.95 Å². The molecule has 0 aliphatic heterocycles. The number of nitrogens with two attached hydrogens (primary N) is 1. The minimum absolute atomic E-state index is 0.156. The molecule has 0 unspecified atom stereocenters. The van der Waals surface area contributed by atoms with E-state index in [1.54, 1.807) is 11.0 Å². The SMILES string of the molecule is CN(C)c1nc(N)nc(Nc2ccccc2Cl)n1. The number of hydrogen-bond donors (Lipinski definition) is 2. The van der Waals surface area contributed by atoms with Crippen LogP contribution in [0.2, 0.25) is 5.02 Å². The molecule has 0 spiro atoms. The zero-order valence-corrected chi connectivity index (χ0v) is 10.8. The van der Waals surface area contributed by atoms with Crippen molar-refractivity contribution in [3.63, 3.8) is 0 Å². The van der Waals surface area contributed by atoms with Crippen LogP contribution in [0.25, 0.3) is 0 Å². The summed E-state index contributed by atoms with van der Waals surface area (Å²) in [6, 6.07) is 7.32. The molecule has 0 radical (unpaired) electrons. The van der Waals surface area contributed by atoms with Crippen LogP contribution in [0.5, 0.6) is 0 Å². The maximum atomic E-state index is 6.04. The standard InChI is InChI=1S/C11H13ClN6/c1-18(2)11-16-9(13)15-10(17-11)14-8-6-4-3-5-7(8)12/h3-6H,1-2H3,(H3,13,14,15,16,17). The van der Waals surface area contributed by atoms with E-state index >= 15 is 0 Å². The minimum atomic E-state index is 0.156.